The first kappa shape index (κ1) is 34.5. The molecule has 35 heavy (non-hydrogen) atoms. The Labute approximate surface area is 215 Å². The van der Waals surface area contributed by atoms with Crippen molar-refractivity contribution in [2.75, 3.05) is 60.7 Å². The third-order valence-electron chi connectivity index (χ3n) is 5.85. The predicted octanol–water partition coefficient (Wildman–Crippen LogP) is 6.11. The molecule has 9 heteroatoms. The number of ether oxygens (including phenoxy) is 2. The maximum Gasteiger partial charge on any atom is 0.472 e. The van der Waals surface area contributed by atoms with E-state index in [0.717, 1.165) is 25.7 Å². The Hall–Kier alpha value is -0.500. The van der Waals surface area contributed by atoms with Gasteiger partial charge in [-0.2, -0.15) is 0 Å². The van der Waals surface area contributed by atoms with E-state index in [-0.39, 0.29) is 44.9 Å². The number of nitrogens with zero attached hydrogens (tertiary/aromatic N) is 1. The van der Waals surface area contributed by atoms with Gasteiger partial charge in [0.1, 0.15) is 19.8 Å². The fourth-order valence-electron chi connectivity index (χ4n) is 3.71. The third-order valence-corrected chi connectivity index (χ3v) is 6.86. The van der Waals surface area contributed by atoms with Crippen LogP contribution in [0.2, 0.25) is 0 Å². The molecule has 0 heterocycles. The van der Waals surface area contributed by atoms with Crippen LogP contribution in [0.3, 0.4) is 0 Å². The number of likely N-dealkylation sites (N-methyl/N-ethyl adjacent to an activating group) is 1. The molecule has 2 atom stereocenters. The number of esters is 1. The van der Waals surface area contributed by atoms with Gasteiger partial charge in [0, 0.05) is 0 Å². The highest BCUT2D eigenvalue weighted by Crippen LogP contribution is 2.42. The zero-order chi connectivity index (χ0) is 26.4. The SMILES string of the molecule is CCCCCCCCCCCCC(CCC)C(=O)OCCOCCOP(=O)(O)OCC[N+](C)(C)C. The topological polar surface area (TPSA) is 91.3 Å². The molecule has 0 fully saturated rings. The van der Waals surface area contributed by atoms with Crippen LogP contribution < -0.4 is 0 Å². The molecule has 0 saturated carbocycles. The van der Waals surface area contributed by atoms with Crippen molar-refractivity contribution in [1.29, 1.82) is 0 Å². The first-order valence-corrected chi connectivity index (χ1v) is 15.3. The molecule has 0 aliphatic carbocycles. The predicted molar refractivity (Wildman–Crippen MR) is 141 cm³/mol. The van der Waals surface area contributed by atoms with Crippen LogP contribution in [-0.4, -0.2) is 76.1 Å². The summed E-state index contributed by atoms with van der Waals surface area (Å²) in [5.41, 5.74) is 0. The van der Waals surface area contributed by atoms with E-state index in [1.807, 2.05) is 21.1 Å². The number of phosphoric acid groups is 1. The monoisotopic (exact) mass is 524 g/mol. The minimum atomic E-state index is -4.07. The van der Waals surface area contributed by atoms with Crippen molar-refractivity contribution in [3.63, 3.8) is 0 Å². The minimum Gasteiger partial charge on any atom is -0.463 e. The maximum atomic E-state index is 12.4. The van der Waals surface area contributed by atoms with Gasteiger partial charge in [0.15, 0.2) is 0 Å². The lowest BCUT2D eigenvalue weighted by molar-refractivity contribution is -0.870. The first-order chi connectivity index (χ1) is 16.6. The summed E-state index contributed by atoms with van der Waals surface area (Å²) in [5.74, 6) is -0.186. The van der Waals surface area contributed by atoms with E-state index in [4.69, 9.17) is 18.5 Å². The van der Waals surface area contributed by atoms with Gasteiger partial charge in [-0.05, 0) is 12.8 Å². The molecule has 0 amide bonds. The van der Waals surface area contributed by atoms with Gasteiger partial charge >= 0.3 is 13.8 Å². The van der Waals surface area contributed by atoms with Crippen molar-refractivity contribution < 1.29 is 37.3 Å². The molecular formula is C26H55NO7P+. The highest BCUT2D eigenvalue weighted by atomic mass is 31.2. The zero-order valence-corrected chi connectivity index (χ0v) is 24.2. The zero-order valence-electron chi connectivity index (χ0n) is 23.3. The fraction of sp³-hybridized carbons (Fsp3) is 0.962. The van der Waals surface area contributed by atoms with Crippen LogP contribution in [0.1, 0.15) is 97.3 Å². The molecule has 0 saturated heterocycles. The number of phosphoric ester groups is 1. The first-order valence-electron chi connectivity index (χ1n) is 13.8. The van der Waals surface area contributed by atoms with E-state index in [1.165, 1.54) is 57.8 Å². The minimum absolute atomic E-state index is 0.0403. The molecule has 0 spiro atoms. The van der Waals surface area contributed by atoms with Crippen molar-refractivity contribution in [2.45, 2.75) is 97.3 Å². The standard InChI is InChI=1S/C26H54NO7P/c1-6-8-9-10-11-12-13-14-15-16-18-25(17-7-2)26(28)32-23-21-31-22-24-34-35(29,30)33-20-19-27(3,4)5/h25H,6-24H2,1-5H3/p+1. The molecule has 0 bridgehead atoms. The summed E-state index contributed by atoms with van der Waals surface area (Å²) in [7, 11) is 1.83. The van der Waals surface area contributed by atoms with E-state index >= 15 is 0 Å². The number of carbonyl (C=O) groups is 1. The van der Waals surface area contributed by atoms with Gasteiger partial charge in [0.05, 0.1) is 46.9 Å². The van der Waals surface area contributed by atoms with Gasteiger partial charge in [0.25, 0.3) is 0 Å². The van der Waals surface area contributed by atoms with Crippen molar-refractivity contribution >= 4 is 13.8 Å². The molecule has 2 unspecified atom stereocenters. The lowest BCUT2D eigenvalue weighted by Gasteiger charge is -2.24. The van der Waals surface area contributed by atoms with Crippen molar-refractivity contribution in [3.8, 4) is 0 Å². The number of hydrogen-bond donors (Lipinski definition) is 1. The molecule has 0 aliphatic heterocycles. The van der Waals surface area contributed by atoms with Gasteiger partial charge in [-0.3, -0.25) is 13.8 Å². The van der Waals surface area contributed by atoms with Crippen LogP contribution in [0.5, 0.6) is 0 Å². The van der Waals surface area contributed by atoms with E-state index in [1.54, 1.807) is 0 Å². The Balaban J connectivity index is 3.81. The number of rotatable bonds is 25. The van der Waals surface area contributed by atoms with Crippen LogP contribution >= 0.6 is 7.82 Å². The molecule has 0 aromatic rings. The average Bonchev–Trinajstić information content (AvgIpc) is 2.77. The Bertz CT molecular complexity index is 554. The van der Waals surface area contributed by atoms with E-state index in [9.17, 15) is 14.3 Å². The van der Waals surface area contributed by atoms with Crippen LogP contribution in [0, 0.1) is 5.92 Å². The second-order valence-corrected chi connectivity index (χ2v) is 11.8. The molecule has 0 aromatic carbocycles. The maximum absolute atomic E-state index is 12.4. The van der Waals surface area contributed by atoms with Crippen LogP contribution in [0.4, 0.5) is 0 Å². The van der Waals surface area contributed by atoms with Gasteiger partial charge in [-0.1, -0.05) is 84.5 Å². The molecule has 0 aromatic heterocycles. The third kappa shape index (κ3) is 23.6. The van der Waals surface area contributed by atoms with E-state index in [2.05, 4.69) is 13.8 Å². The number of carbonyl (C=O) groups excluding carboxylic acids is 1. The summed E-state index contributed by atoms with van der Waals surface area (Å²) in [6.45, 7) is 5.52. The van der Waals surface area contributed by atoms with Crippen molar-refractivity contribution in [2.24, 2.45) is 5.92 Å². The van der Waals surface area contributed by atoms with Crippen LogP contribution in [0.25, 0.3) is 0 Å². The molecule has 1 N–H and O–H groups in total. The molecule has 0 aliphatic rings. The summed E-state index contributed by atoms with van der Waals surface area (Å²) in [5, 5.41) is 0. The van der Waals surface area contributed by atoms with Gasteiger partial charge in [0.2, 0.25) is 0 Å². The Morgan fingerprint density at radius 2 is 1.29 bits per heavy atom. The Morgan fingerprint density at radius 1 is 0.743 bits per heavy atom. The molecule has 0 rings (SSSR count). The van der Waals surface area contributed by atoms with Crippen molar-refractivity contribution in [3.05, 3.63) is 0 Å². The summed E-state index contributed by atoms with van der Waals surface area (Å²) >= 11 is 0. The Kier molecular flexibility index (Phi) is 21.3. The summed E-state index contributed by atoms with van der Waals surface area (Å²) < 4.78 is 33.0. The van der Waals surface area contributed by atoms with Crippen LogP contribution in [0.15, 0.2) is 0 Å². The smallest absolute Gasteiger partial charge is 0.463 e. The van der Waals surface area contributed by atoms with Crippen LogP contribution in [-0.2, 0) is 27.9 Å². The van der Waals surface area contributed by atoms with E-state index in [0.29, 0.717) is 11.0 Å². The molecule has 0 radical (unpaired) electrons. The normalized spacial score (nSPS) is 14.6. The molecule has 8 nitrogen and oxygen atoms in total. The Morgan fingerprint density at radius 3 is 1.86 bits per heavy atom. The fourth-order valence-corrected chi connectivity index (χ4v) is 4.40. The second-order valence-electron chi connectivity index (χ2n) is 10.4. The summed E-state index contributed by atoms with van der Waals surface area (Å²) in [6, 6.07) is 0. The molecule has 210 valence electrons. The number of quaternary nitrogens is 1. The number of unbranched alkanes of at least 4 members (excludes halogenated alkanes) is 9. The quantitative estimate of drug-likeness (QED) is 0.0666. The number of hydrogen-bond acceptors (Lipinski definition) is 6. The highest BCUT2D eigenvalue weighted by Gasteiger charge is 2.22. The lowest BCUT2D eigenvalue weighted by atomic mass is 9.96. The molecular weight excluding hydrogens is 469 g/mol. The van der Waals surface area contributed by atoms with Crippen molar-refractivity contribution in [1.82, 2.24) is 0 Å². The summed E-state index contributed by atoms with van der Waals surface area (Å²) in [4.78, 5) is 22.1. The largest absolute Gasteiger partial charge is 0.472 e. The summed E-state index contributed by atoms with van der Waals surface area (Å²) in [6.07, 6.45) is 15.6. The average molecular weight is 525 g/mol. The van der Waals surface area contributed by atoms with Gasteiger partial charge in [-0.25, -0.2) is 4.57 Å². The van der Waals surface area contributed by atoms with Gasteiger partial charge < -0.3 is 18.9 Å². The highest BCUT2D eigenvalue weighted by molar-refractivity contribution is 7.47. The lowest BCUT2D eigenvalue weighted by Crippen LogP contribution is -2.37. The van der Waals surface area contributed by atoms with Gasteiger partial charge in [-0.15, -0.1) is 0 Å². The second kappa shape index (κ2) is 21.6. The van der Waals surface area contributed by atoms with E-state index < -0.39 is 7.82 Å².